The van der Waals surface area contributed by atoms with Crippen molar-refractivity contribution in [2.75, 3.05) is 45.9 Å². The SMILES string of the molecule is CCN(CC)CCNCC(O)COCC1CC1. The summed E-state index contributed by atoms with van der Waals surface area (Å²) in [4.78, 5) is 2.36. The lowest BCUT2D eigenvalue weighted by Crippen LogP contribution is -2.36. The number of ether oxygens (including phenoxy) is 1. The van der Waals surface area contributed by atoms with Gasteiger partial charge in [0, 0.05) is 26.2 Å². The molecule has 0 amide bonds. The molecule has 0 aromatic heterocycles. The Kier molecular flexibility index (Phi) is 7.77. The van der Waals surface area contributed by atoms with Gasteiger partial charge in [0.2, 0.25) is 0 Å². The third-order valence-electron chi connectivity index (χ3n) is 3.24. The number of nitrogens with one attached hydrogen (secondary N) is 1. The van der Waals surface area contributed by atoms with Gasteiger partial charge < -0.3 is 20.1 Å². The second-order valence-corrected chi connectivity index (χ2v) is 4.87. The van der Waals surface area contributed by atoms with Gasteiger partial charge in [0.05, 0.1) is 12.7 Å². The van der Waals surface area contributed by atoms with E-state index in [1.807, 2.05) is 0 Å². The molecular weight excluding hydrogens is 216 g/mol. The number of rotatable bonds is 11. The smallest absolute Gasteiger partial charge is 0.0897 e. The van der Waals surface area contributed by atoms with Gasteiger partial charge in [0.1, 0.15) is 0 Å². The predicted octanol–water partition coefficient (Wildman–Crippen LogP) is 0.705. The van der Waals surface area contributed by atoms with Crippen LogP contribution in [-0.2, 0) is 4.74 Å². The van der Waals surface area contributed by atoms with Crippen molar-refractivity contribution >= 4 is 0 Å². The molecule has 17 heavy (non-hydrogen) atoms. The molecule has 1 rings (SSSR count). The summed E-state index contributed by atoms with van der Waals surface area (Å²) in [6.07, 6.45) is 2.24. The molecule has 0 aliphatic heterocycles. The van der Waals surface area contributed by atoms with Gasteiger partial charge in [0.25, 0.3) is 0 Å². The third-order valence-corrected chi connectivity index (χ3v) is 3.24. The first kappa shape index (κ1) is 14.9. The van der Waals surface area contributed by atoms with E-state index in [1.54, 1.807) is 0 Å². The van der Waals surface area contributed by atoms with Crippen LogP contribution in [0.15, 0.2) is 0 Å². The van der Waals surface area contributed by atoms with E-state index in [0.717, 1.165) is 38.7 Å². The fourth-order valence-corrected chi connectivity index (χ4v) is 1.76. The van der Waals surface area contributed by atoms with Crippen LogP contribution < -0.4 is 5.32 Å². The van der Waals surface area contributed by atoms with Crippen molar-refractivity contribution in [1.29, 1.82) is 0 Å². The third kappa shape index (κ3) is 7.71. The molecule has 4 heteroatoms. The lowest BCUT2D eigenvalue weighted by molar-refractivity contribution is 0.0324. The Morgan fingerprint density at radius 3 is 2.65 bits per heavy atom. The van der Waals surface area contributed by atoms with E-state index in [9.17, 15) is 5.11 Å². The maximum Gasteiger partial charge on any atom is 0.0897 e. The summed E-state index contributed by atoms with van der Waals surface area (Å²) in [7, 11) is 0. The van der Waals surface area contributed by atoms with Crippen LogP contribution in [0.3, 0.4) is 0 Å². The fraction of sp³-hybridized carbons (Fsp3) is 1.00. The normalized spacial score (nSPS) is 17.6. The number of nitrogens with zero attached hydrogens (tertiary/aromatic N) is 1. The first-order valence-corrected chi connectivity index (χ1v) is 6.95. The number of hydrogen-bond donors (Lipinski definition) is 2. The summed E-state index contributed by atoms with van der Waals surface area (Å²) in [6, 6.07) is 0. The first-order chi connectivity index (χ1) is 8.26. The second-order valence-electron chi connectivity index (χ2n) is 4.87. The molecule has 0 saturated heterocycles. The topological polar surface area (TPSA) is 44.7 Å². The van der Waals surface area contributed by atoms with Crippen LogP contribution in [0.2, 0.25) is 0 Å². The molecule has 1 fully saturated rings. The van der Waals surface area contributed by atoms with Crippen LogP contribution in [-0.4, -0.2) is 62.0 Å². The molecule has 0 bridgehead atoms. The Morgan fingerprint density at radius 1 is 1.35 bits per heavy atom. The summed E-state index contributed by atoms with van der Waals surface area (Å²) in [5, 5.41) is 12.9. The summed E-state index contributed by atoms with van der Waals surface area (Å²) >= 11 is 0. The molecule has 1 aliphatic carbocycles. The summed E-state index contributed by atoms with van der Waals surface area (Å²) in [5.74, 6) is 0.776. The van der Waals surface area contributed by atoms with Gasteiger partial charge in [-0.1, -0.05) is 13.8 Å². The average molecular weight is 244 g/mol. The molecule has 2 N–H and O–H groups in total. The quantitative estimate of drug-likeness (QED) is 0.525. The lowest BCUT2D eigenvalue weighted by atomic mass is 10.3. The van der Waals surface area contributed by atoms with Gasteiger partial charge in [-0.15, -0.1) is 0 Å². The van der Waals surface area contributed by atoms with Gasteiger partial charge >= 0.3 is 0 Å². The van der Waals surface area contributed by atoms with Crippen molar-refractivity contribution in [3.8, 4) is 0 Å². The Bertz CT molecular complexity index is 182. The van der Waals surface area contributed by atoms with Crippen molar-refractivity contribution in [2.24, 2.45) is 5.92 Å². The van der Waals surface area contributed by atoms with Gasteiger partial charge in [0.15, 0.2) is 0 Å². The monoisotopic (exact) mass is 244 g/mol. The Labute approximate surface area is 105 Å². The minimum absolute atomic E-state index is 0.370. The zero-order valence-electron chi connectivity index (χ0n) is 11.3. The van der Waals surface area contributed by atoms with Crippen molar-refractivity contribution in [1.82, 2.24) is 10.2 Å². The average Bonchev–Trinajstić information content (AvgIpc) is 3.13. The number of aliphatic hydroxyl groups is 1. The van der Waals surface area contributed by atoms with Crippen molar-refractivity contribution in [2.45, 2.75) is 32.8 Å². The molecule has 0 spiro atoms. The fourth-order valence-electron chi connectivity index (χ4n) is 1.76. The lowest BCUT2D eigenvalue weighted by Gasteiger charge is -2.19. The molecule has 1 atom stereocenters. The maximum absolute atomic E-state index is 9.66. The van der Waals surface area contributed by atoms with Crippen LogP contribution >= 0.6 is 0 Å². The molecule has 102 valence electrons. The van der Waals surface area contributed by atoms with E-state index in [2.05, 4.69) is 24.1 Å². The Morgan fingerprint density at radius 2 is 2.06 bits per heavy atom. The Balaban J connectivity index is 1.86. The first-order valence-electron chi connectivity index (χ1n) is 6.95. The molecule has 1 saturated carbocycles. The number of aliphatic hydroxyl groups excluding tert-OH is 1. The van der Waals surface area contributed by atoms with Crippen LogP contribution in [0.5, 0.6) is 0 Å². The van der Waals surface area contributed by atoms with Gasteiger partial charge in [-0.05, 0) is 31.8 Å². The van der Waals surface area contributed by atoms with E-state index in [0.29, 0.717) is 13.2 Å². The van der Waals surface area contributed by atoms with Crippen LogP contribution in [0, 0.1) is 5.92 Å². The highest BCUT2D eigenvalue weighted by Crippen LogP contribution is 2.28. The van der Waals surface area contributed by atoms with Crippen LogP contribution in [0.4, 0.5) is 0 Å². The molecule has 0 heterocycles. The molecule has 0 aromatic carbocycles. The minimum Gasteiger partial charge on any atom is -0.389 e. The highest BCUT2D eigenvalue weighted by atomic mass is 16.5. The zero-order valence-corrected chi connectivity index (χ0v) is 11.3. The largest absolute Gasteiger partial charge is 0.389 e. The standard InChI is InChI=1S/C13H28N2O2/c1-3-15(4-2)8-7-14-9-13(16)11-17-10-12-5-6-12/h12-14,16H,3-11H2,1-2H3. The van der Waals surface area contributed by atoms with Gasteiger partial charge in [-0.25, -0.2) is 0 Å². The second kappa shape index (κ2) is 8.86. The van der Waals surface area contributed by atoms with Gasteiger partial charge in [-0.3, -0.25) is 0 Å². The highest BCUT2D eigenvalue weighted by Gasteiger charge is 2.21. The number of hydrogen-bond acceptors (Lipinski definition) is 4. The molecule has 4 nitrogen and oxygen atoms in total. The van der Waals surface area contributed by atoms with Crippen LogP contribution in [0.1, 0.15) is 26.7 Å². The summed E-state index contributed by atoms with van der Waals surface area (Å²) in [6.45, 7) is 10.4. The van der Waals surface area contributed by atoms with Crippen LogP contribution in [0.25, 0.3) is 0 Å². The molecule has 0 radical (unpaired) electrons. The van der Waals surface area contributed by atoms with E-state index in [1.165, 1.54) is 12.8 Å². The van der Waals surface area contributed by atoms with E-state index in [-0.39, 0.29) is 6.10 Å². The molecule has 1 unspecified atom stereocenters. The molecular formula is C13H28N2O2. The molecule has 1 aliphatic rings. The summed E-state index contributed by atoms with van der Waals surface area (Å²) < 4.78 is 5.44. The van der Waals surface area contributed by atoms with Crippen molar-refractivity contribution in [3.05, 3.63) is 0 Å². The molecule has 0 aromatic rings. The van der Waals surface area contributed by atoms with Crippen molar-refractivity contribution in [3.63, 3.8) is 0 Å². The van der Waals surface area contributed by atoms with Gasteiger partial charge in [-0.2, -0.15) is 0 Å². The zero-order chi connectivity index (χ0) is 12.5. The van der Waals surface area contributed by atoms with E-state index >= 15 is 0 Å². The van der Waals surface area contributed by atoms with E-state index in [4.69, 9.17) is 4.74 Å². The predicted molar refractivity (Wildman–Crippen MR) is 70.2 cm³/mol. The maximum atomic E-state index is 9.66. The van der Waals surface area contributed by atoms with Crippen molar-refractivity contribution < 1.29 is 9.84 Å². The highest BCUT2D eigenvalue weighted by molar-refractivity contribution is 4.72. The summed E-state index contributed by atoms with van der Waals surface area (Å²) in [5.41, 5.74) is 0. The van der Waals surface area contributed by atoms with E-state index < -0.39 is 0 Å². The number of likely N-dealkylation sites (N-methyl/N-ethyl adjacent to an activating group) is 1. The Hall–Kier alpha value is -0.160. The minimum atomic E-state index is -0.370.